The zero-order valence-electron chi connectivity index (χ0n) is 12.1. The van der Waals surface area contributed by atoms with Gasteiger partial charge in [0, 0.05) is 12.6 Å². The molecule has 0 aromatic heterocycles. The van der Waals surface area contributed by atoms with E-state index in [2.05, 4.69) is 4.74 Å². The highest BCUT2D eigenvalue weighted by molar-refractivity contribution is 5.96. The third kappa shape index (κ3) is 3.88. The fourth-order valence-corrected chi connectivity index (χ4v) is 1.63. The molecule has 6 heteroatoms. The number of carbonyl (C=O) groups excluding carboxylic acids is 2. The van der Waals surface area contributed by atoms with Gasteiger partial charge in [-0.15, -0.1) is 0 Å². The van der Waals surface area contributed by atoms with Crippen molar-refractivity contribution in [3.8, 4) is 11.5 Å². The molecule has 0 saturated heterocycles. The van der Waals surface area contributed by atoms with Gasteiger partial charge in [-0.25, -0.2) is 0 Å². The van der Waals surface area contributed by atoms with E-state index in [0.29, 0.717) is 23.7 Å². The van der Waals surface area contributed by atoms with E-state index in [1.54, 1.807) is 18.2 Å². The standard InChI is InChI=1S/C14H19NO5/c1-5-20-11-7-6-10(8-12(11)18-3)14(17)15(2)9-13(16)19-4/h6-8H,5,9H2,1-4H3. The van der Waals surface area contributed by atoms with Crippen LogP contribution in [0.3, 0.4) is 0 Å². The first-order valence-corrected chi connectivity index (χ1v) is 6.16. The Morgan fingerprint density at radius 1 is 1.20 bits per heavy atom. The number of esters is 1. The van der Waals surface area contributed by atoms with Crippen LogP contribution in [-0.4, -0.2) is 51.2 Å². The summed E-state index contributed by atoms with van der Waals surface area (Å²) in [7, 11) is 4.31. The van der Waals surface area contributed by atoms with Crippen LogP contribution in [0, 0.1) is 0 Å². The monoisotopic (exact) mass is 281 g/mol. The van der Waals surface area contributed by atoms with Crippen LogP contribution in [0.1, 0.15) is 17.3 Å². The van der Waals surface area contributed by atoms with Crippen molar-refractivity contribution < 1.29 is 23.8 Å². The highest BCUT2D eigenvalue weighted by Crippen LogP contribution is 2.28. The normalized spacial score (nSPS) is 9.80. The molecule has 0 saturated carbocycles. The first-order chi connectivity index (χ1) is 9.53. The SMILES string of the molecule is CCOc1ccc(C(=O)N(C)CC(=O)OC)cc1OC. The van der Waals surface area contributed by atoms with Crippen molar-refractivity contribution in [3.63, 3.8) is 0 Å². The largest absolute Gasteiger partial charge is 0.493 e. The molecule has 1 rings (SSSR count). The van der Waals surface area contributed by atoms with Crippen molar-refractivity contribution >= 4 is 11.9 Å². The third-order valence-electron chi connectivity index (χ3n) is 2.65. The van der Waals surface area contributed by atoms with Crippen LogP contribution in [0.5, 0.6) is 11.5 Å². The summed E-state index contributed by atoms with van der Waals surface area (Å²) in [5.74, 6) is 0.279. The summed E-state index contributed by atoms with van der Waals surface area (Å²) in [4.78, 5) is 24.6. The fraction of sp³-hybridized carbons (Fsp3) is 0.429. The molecule has 1 amide bonds. The summed E-state index contributed by atoms with van der Waals surface area (Å²) in [6.45, 7) is 2.26. The lowest BCUT2D eigenvalue weighted by Crippen LogP contribution is -2.32. The van der Waals surface area contributed by atoms with Crippen molar-refractivity contribution in [3.05, 3.63) is 23.8 Å². The molecule has 0 unspecified atom stereocenters. The molecule has 110 valence electrons. The number of likely N-dealkylation sites (N-methyl/N-ethyl adjacent to an activating group) is 1. The maximum atomic E-state index is 12.2. The molecule has 0 radical (unpaired) electrons. The van der Waals surface area contributed by atoms with E-state index >= 15 is 0 Å². The molecular weight excluding hydrogens is 262 g/mol. The first-order valence-electron chi connectivity index (χ1n) is 6.16. The molecule has 0 N–H and O–H groups in total. The lowest BCUT2D eigenvalue weighted by Gasteiger charge is -2.17. The van der Waals surface area contributed by atoms with Gasteiger partial charge in [0.1, 0.15) is 6.54 Å². The van der Waals surface area contributed by atoms with Gasteiger partial charge in [-0.2, -0.15) is 0 Å². The summed E-state index contributed by atoms with van der Waals surface area (Å²) < 4.78 is 15.1. The molecule has 6 nitrogen and oxygen atoms in total. The van der Waals surface area contributed by atoms with Crippen molar-refractivity contribution in [1.82, 2.24) is 4.90 Å². The zero-order chi connectivity index (χ0) is 15.1. The van der Waals surface area contributed by atoms with Crippen LogP contribution >= 0.6 is 0 Å². The molecule has 1 aromatic carbocycles. The second kappa shape index (κ2) is 7.37. The Hall–Kier alpha value is -2.24. The molecule has 0 aliphatic heterocycles. The van der Waals surface area contributed by atoms with Gasteiger partial charge < -0.3 is 19.1 Å². The predicted octanol–water partition coefficient (Wildman–Crippen LogP) is 1.34. The topological polar surface area (TPSA) is 65.1 Å². The average Bonchev–Trinajstić information content (AvgIpc) is 2.46. The summed E-state index contributed by atoms with van der Waals surface area (Å²) in [5, 5.41) is 0. The summed E-state index contributed by atoms with van der Waals surface area (Å²) >= 11 is 0. The Morgan fingerprint density at radius 2 is 1.90 bits per heavy atom. The summed E-state index contributed by atoms with van der Waals surface area (Å²) in [6.07, 6.45) is 0. The van der Waals surface area contributed by atoms with Crippen LogP contribution in [-0.2, 0) is 9.53 Å². The Morgan fingerprint density at radius 3 is 2.45 bits per heavy atom. The highest BCUT2D eigenvalue weighted by Gasteiger charge is 2.17. The highest BCUT2D eigenvalue weighted by atomic mass is 16.5. The van der Waals surface area contributed by atoms with Gasteiger partial charge in [-0.05, 0) is 25.1 Å². The average molecular weight is 281 g/mol. The minimum atomic E-state index is -0.473. The van der Waals surface area contributed by atoms with Gasteiger partial charge in [0.15, 0.2) is 11.5 Å². The van der Waals surface area contributed by atoms with E-state index in [4.69, 9.17) is 9.47 Å². The Balaban J connectivity index is 2.90. The Bertz CT molecular complexity index is 486. The maximum absolute atomic E-state index is 12.2. The molecule has 0 heterocycles. The van der Waals surface area contributed by atoms with Crippen LogP contribution < -0.4 is 9.47 Å². The van der Waals surface area contributed by atoms with Gasteiger partial charge in [-0.1, -0.05) is 0 Å². The quantitative estimate of drug-likeness (QED) is 0.736. The van der Waals surface area contributed by atoms with Crippen molar-refractivity contribution in [1.29, 1.82) is 0 Å². The van der Waals surface area contributed by atoms with E-state index in [-0.39, 0.29) is 12.5 Å². The smallest absolute Gasteiger partial charge is 0.325 e. The van der Waals surface area contributed by atoms with E-state index < -0.39 is 5.97 Å². The van der Waals surface area contributed by atoms with E-state index in [9.17, 15) is 9.59 Å². The van der Waals surface area contributed by atoms with Gasteiger partial charge >= 0.3 is 5.97 Å². The lowest BCUT2D eigenvalue weighted by atomic mass is 10.1. The van der Waals surface area contributed by atoms with Crippen molar-refractivity contribution in [2.45, 2.75) is 6.92 Å². The summed E-state index contributed by atoms with van der Waals surface area (Å²) in [5.41, 5.74) is 0.414. The molecule has 0 aliphatic rings. The van der Waals surface area contributed by atoms with Crippen LogP contribution in [0.4, 0.5) is 0 Å². The second-order valence-corrected chi connectivity index (χ2v) is 4.04. The van der Waals surface area contributed by atoms with Gasteiger partial charge in [0.05, 0.1) is 20.8 Å². The predicted molar refractivity (Wildman–Crippen MR) is 73.1 cm³/mol. The number of carbonyl (C=O) groups is 2. The van der Waals surface area contributed by atoms with Crippen LogP contribution in [0.2, 0.25) is 0 Å². The lowest BCUT2D eigenvalue weighted by molar-refractivity contribution is -0.141. The molecule has 0 bridgehead atoms. The Labute approximate surface area is 118 Å². The Kier molecular flexibility index (Phi) is 5.83. The molecule has 0 atom stereocenters. The van der Waals surface area contributed by atoms with Crippen molar-refractivity contribution in [2.24, 2.45) is 0 Å². The minimum absolute atomic E-state index is 0.106. The second-order valence-electron chi connectivity index (χ2n) is 4.04. The van der Waals surface area contributed by atoms with E-state index in [1.165, 1.54) is 26.2 Å². The zero-order valence-corrected chi connectivity index (χ0v) is 12.1. The molecule has 1 aromatic rings. The molecule has 0 spiro atoms. The fourth-order valence-electron chi connectivity index (χ4n) is 1.63. The first kappa shape index (κ1) is 15.8. The van der Waals surface area contributed by atoms with Crippen LogP contribution in [0.25, 0.3) is 0 Å². The van der Waals surface area contributed by atoms with Gasteiger partial charge in [0.25, 0.3) is 5.91 Å². The summed E-state index contributed by atoms with van der Waals surface area (Å²) in [6, 6.07) is 4.88. The van der Waals surface area contributed by atoms with Gasteiger partial charge in [0.2, 0.25) is 0 Å². The molecular formula is C14H19NO5. The van der Waals surface area contributed by atoms with E-state index in [1.807, 2.05) is 6.92 Å². The van der Waals surface area contributed by atoms with E-state index in [0.717, 1.165) is 0 Å². The number of rotatable bonds is 6. The van der Waals surface area contributed by atoms with Crippen LogP contribution in [0.15, 0.2) is 18.2 Å². The number of ether oxygens (including phenoxy) is 3. The number of hydrogen-bond donors (Lipinski definition) is 0. The van der Waals surface area contributed by atoms with Gasteiger partial charge in [-0.3, -0.25) is 9.59 Å². The number of hydrogen-bond acceptors (Lipinski definition) is 5. The minimum Gasteiger partial charge on any atom is -0.493 e. The number of nitrogens with zero attached hydrogens (tertiary/aromatic N) is 1. The third-order valence-corrected chi connectivity index (χ3v) is 2.65. The number of amides is 1. The number of benzene rings is 1. The molecule has 20 heavy (non-hydrogen) atoms. The van der Waals surface area contributed by atoms with Crippen molar-refractivity contribution in [2.75, 3.05) is 34.4 Å². The molecule has 0 aliphatic carbocycles. The molecule has 0 fully saturated rings. The maximum Gasteiger partial charge on any atom is 0.325 e. The number of methoxy groups -OCH3 is 2.